The van der Waals surface area contributed by atoms with E-state index in [9.17, 15) is 21.0 Å². The van der Waals surface area contributed by atoms with Gasteiger partial charge in [0, 0.05) is 32.7 Å². The SMILES string of the molecule is [C-]#[N+]c1cccc(-c2ccc3c(c2)c2cc(-c4cccc(C#N)c4)ccc2n3-c2cc(-c3c(C#N)cccc3C(F)(F)F)c(-n3c4ccc(-c5cccc(C#N)c5)cc4c4cc(-c5cccc([N+]#[C-])c5)ccc43)cc2C#N)c1. The summed E-state index contributed by atoms with van der Waals surface area (Å²) in [6.07, 6.45) is -4.93. The molecule has 0 atom stereocenters. The molecule has 0 radical (unpaired) electrons. The van der Waals surface area contributed by atoms with Crippen LogP contribution in [0.1, 0.15) is 27.8 Å². The third kappa shape index (κ3) is 7.99. The number of rotatable bonds is 7. The second-order valence-electron chi connectivity index (χ2n) is 18.6. The molecule has 8 nitrogen and oxygen atoms in total. The van der Waals surface area contributed by atoms with E-state index in [0.717, 1.165) is 61.3 Å². The summed E-state index contributed by atoms with van der Waals surface area (Å²) in [6, 6.07) is 67.5. The predicted octanol–water partition coefficient (Wildman–Crippen LogP) is 17.8. The van der Waals surface area contributed by atoms with Crippen LogP contribution in [-0.2, 0) is 6.18 Å². The minimum absolute atomic E-state index is 0.0272. The van der Waals surface area contributed by atoms with Crippen LogP contribution in [0.2, 0.25) is 0 Å². The molecule has 2 heterocycles. The van der Waals surface area contributed by atoms with Crippen molar-refractivity contribution in [3.63, 3.8) is 0 Å². The van der Waals surface area contributed by atoms with Gasteiger partial charge in [-0.2, -0.15) is 34.2 Å². The Hall–Kier alpha value is -11.5. The smallest absolute Gasteiger partial charge is 0.309 e. The van der Waals surface area contributed by atoms with Gasteiger partial charge in [0.15, 0.2) is 11.4 Å². The number of benzene rings is 10. The van der Waals surface area contributed by atoms with E-state index >= 15 is 13.2 Å². The summed E-state index contributed by atoms with van der Waals surface area (Å²) in [4.78, 5) is 7.28. The molecule has 2 aromatic heterocycles. The maximum atomic E-state index is 15.7. The van der Waals surface area contributed by atoms with Gasteiger partial charge < -0.3 is 9.13 Å². The third-order valence-corrected chi connectivity index (χ3v) is 14.3. The first-order chi connectivity index (χ1) is 38.0. The molecule has 0 N–H and O–H groups in total. The van der Waals surface area contributed by atoms with Gasteiger partial charge in [0.1, 0.15) is 6.07 Å². The fourth-order valence-corrected chi connectivity index (χ4v) is 10.7. The van der Waals surface area contributed by atoms with Crippen molar-refractivity contribution in [3.8, 4) is 91.3 Å². The van der Waals surface area contributed by atoms with E-state index in [1.165, 1.54) is 12.1 Å². The molecule has 0 unspecified atom stereocenters. The van der Waals surface area contributed by atoms with Gasteiger partial charge in [-0.25, -0.2) is 9.69 Å². The second-order valence-corrected chi connectivity index (χ2v) is 18.6. The minimum atomic E-state index is -4.93. The number of nitrogens with zero attached hydrogens (tertiary/aromatic N) is 8. The Morgan fingerprint density at radius 2 is 0.756 bits per heavy atom. The van der Waals surface area contributed by atoms with Crippen LogP contribution >= 0.6 is 0 Å². The fourth-order valence-electron chi connectivity index (χ4n) is 10.7. The number of halogens is 3. The third-order valence-electron chi connectivity index (χ3n) is 14.3. The molecular formula is C67H33F3N8. The van der Waals surface area contributed by atoms with Crippen LogP contribution < -0.4 is 0 Å². The highest BCUT2D eigenvalue weighted by atomic mass is 19.4. The molecule has 0 aliphatic carbocycles. The Balaban J connectivity index is 1.19. The zero-order valence-electron chi connectivity index (χ0n) is 40.8. The highest BCUT2D eigenvalue weighted by Crippen LogP contribution is 2.47. The van der Waals surface area contributed by atoms with E-state index < -0.39 is 11.7 Å². The van der Waals surface area contributed by atoms with E-state index in [1.807, 2.05) is 112 Å². The summed E-state index contributed by atoms with van der Waals surface area (Å²) in [7, 11) is 0. The van der Waals surface area contributed by atoms with Crippen molar-refractivity contribution < 1.29 is 13.2 Å². The number of hydrogen-bond acceptors (Lipinski definition) is 4. The quantitative estimate of drug-likeness (QED) is 0.148. The second kappa shape index (κ2) is 18.8. The van der Waals surface area contributed by atoms with Crippen molar-refractivity contribution in [1.29, 1.82) is 21.0 Å². The van der Waals surface area contributed by atoms with Gasteiger partial charge in [-0.3, -0.25) is 0 Å². The maximum absolute atomic E-state index is 15.7. The zero-order chi connectivity index (χ0) is 53.8. The van der Waals surface area contributed by atoms with Gasteiger partial charge >= 0.3 is 6.18 Å². The van der Waals surface area contributed by atoms with Gasteiger partial charge in [0.2, 0.25) is 0 Å². The molecule has 10 aromatic carbocycles. The van der Waals surface area contributed by atoms with Crippen LogP contribution in [0.4, 0.5) is 24.5 Å². The molecular weight excluding hydrogens is 974 g/mol. The number of alkyl halides is 3. The number of fused-ring (bicyclic) bond motifs is 6. The largest absolute Gasteiger partial charge is 0.417 e. The molecule has 0 aliphatic rings. The summed E-state index contributed by atoms with van der Waals surface area (Å²) in [6.45, 7) is 15.4. The van der Waals surface area contributed by atoms with Crippen molar-refractivity contribution in [2.24, 2.45) is 0 Å². The lowest BCUT2D eigenvalue weighted by molar-refractivity contribution is -0.137. The minimum Gasteiger partial charge on any atom is -0.309 e. The van der Waals surface area contributed by atoms with Crippen LogP contribution in [0.3, 0.4) is 0 Å². The van der Waals surface area contributed by atoms with Crippen LogP contribution in [-0.4, -0.2) is 9.13 Å². The monoisotopic (exact) mass is 1010 g/mol. The first-order valence-corrected chi connectivity index (χ1v) is 24.3. The van der Waals surface area contributed by atoms with E-state index in [4.69, 9.17) is 13.1 Å². The molecule has 11 heteroatoms. The van der Waals surface area contributed by atoms with Crippen molar-refractivity contribution in [1.82, 2.24) is 9.13 Å². The first-order valence-electron chi connectivity index (χ1n) is 24.3. The van der Waals surface area contributed by atoms with Crippen LogP contribution in [0.5, 0.6) is 0 Å². The molecule has 0 fully saturated rings. The molecule has 78 heavy (non-hydrogen) atoms. The molecule has 0 amide bonds. The van der Waals surface area contributed by atoms with Crippen LogP contribution in [0, 0.1) is 58.5 Å². The lowest BCUT2D eigenvalue weighted by atomic mass is 9.91. The Kier molecular flexibility index (Phi) is 11.4. The zero-order valence-corrected chi connectivity index (χ0v) is 40.8. The van der Waals surface area contributed by atoms with E-state index in [2.05, 4.69) is 34.0 Å². The summed E-state index contributed by atoms with van der Waals surface area (Å²) < 4.78 is 50.8. The molecule has 0 saturated carbocycles. The average Bonchev–Trinajstić information content (AvgIpc) is 4.22. The fraction of sp³-hybridized carbons (Fsp3) is 0.0149. The Morgan fingerprint density at radius 3 is 1.15 bits per heavy atom. The molecule has 362 valence electrons. The molecule has 0 bridgehead atoms. The summed E-state index contributed by atoms with van der Waals surface area (Å²) in [5.74, 6) is 0. The topological polar surface area (TPSA) is 114 Å². The number of hydrogen-bond donors (Lipinski definition) is 0. The Labute approximate surface area is 444 Å². The van der Waals surface area contributed by atoms with Crippen molar-refractivity contribution in [2.75, 3.05) is 0 Å². The van der Waals surface area contributed by atoms with Gasteiger partial charge in [-0.1, -0.05) is 91.0 Å². The van der Waals surface area contributed by atoms with Crippen LogP contribution in [0.15, 0.2) is 200 Å². The van der Waals surface area contributed by atoms with Gasteiger partial charge in [0.25, 0.3) is 0 Å². The van der Waals surface area contributed by atoms with Crippen molar-refractivity contribution >= 4 is 55.0 Å². The average molecular weight is 1010 g/mol. The standard InChI is InChI=1S/C67H33F3N8/c1-75-52-15-5-12-44(28-52)48-20-23-61-55(32-48)54-30-46(42-10-3-8-40(26-42)36-71)18-22-60(54)77(61)64-35-58(66-50(38-73)14-7-17-59(66)67(68,69)70)65(34-51(64)39-74)78-62-24-19-47(43-11-4-9-41(27-43)37-72)31-56(62)57-33-49(21-25-63(57)78)45-13-6-16-53(29-45)76-2/h3-35H. The number of nitriles is 4. The van der Waals surface area contributed by atoms with E-state index in [0.29, 0.717) is 55.3 Å². The highest BCUT2D eigenvalue weighted by molar-refractivity contribution is 6.14. The molecule has 12 aromatic rings. The summed E-state index contributed by atoms with van der Waals surface area (Å²) in [5, 5.41) is 44.8. The lowest BCUT2D eigenvalue weighted by Crippen LogP contribution is -2.11. The van der Waals surface area contributed by atoms with Gasteiger partial charge in [0.05, 0.1) is 92.6 Å². The van der Waals surface area contributed by atoms with Crippen molar-refractivity contribution in [3.05, 3.63) is 251 Å². The van der Waals surface area contributed by atoms with E-state index in [-0.39, 0.29) is 33.6 Å². The Morgan fingerprint density at radius 1 is 0.372 bits per heavy atom. The summed E-state index contributed by atoms with van der Waals surface area (Å²) >= 11 is 0. The molecule has 0 aliphatic heterocycles. The molecule has 0 saturated heterocycles. The lowest BCUT2D eigenvalue weighted by Gasteiger charge is -2.22. The summed E-state index contributed by atoms with van der Waals surface area (Å²) in [5.41, 5.74) is 9.45. The maximum Gasteiger partial charge on any atom is 0.417 e. The molecule has 0 spiro atoms. The van der Waals surface area contributed by atoms with Crippen LogP contribution in [0.25, 0.3) is 120 Å². The number of aromatic nitrogens is 2. The van der Waals surface area contributed by atoms with E-state index in [1.54, 1.807) is 78.9 Å². The predicted molar refractivity (Wildman–Crippen MR) is 299 cm³/mol. The highest BCUT2D eigenvalue weighted by Gasteiger charge is 2.36. The van der Waals surface area contributed by atoms with Gasteiger partial charge in [-0.05, 0) is 154 Å². The Bertz CT molecular complexity index is 4590. The van der Waals surface area contributed by atoms with Gasteiger partial charge in [-0.15, -0.1) is 0 Å². The normalized spacial score (nSPS) is 11.2. The molecule has 12 rings (SSSR count). The first kappa shape index (κ1) is 47.5. The van der Waals surface area contributed by atoms with Crippen molar-refractivity contribution in [2.45, 2.75) is 6.18 Å².